The van der Waals surface area contributed by atoms with E-state index < -0.39 is 17.6 Å². The van der Waals surface area contributed by atoms with E-state index in [2.05, 4.69) is 20.8 Å². The van der Waals surface area contributed by atoms with Gasteiger partial charge in [-0.3, -0.25) is 4.79 Å². The second kappa shape index (κ2) is 8.01. The van der Waals surface area contributed by atoms with Crippen LogP contribution in [0.4, 0.5) is 18.9 Å². The van der Waals surface area contributed by atoms with Crippen LogP contribution in [0.3, 0.4) is 0 Å². The van der Waals surface area contributed by atoms with Gasteiger partial charge in [-0.05, 0) is 59.7 Å². The van der Waals surface area contributed by atoms with Gasteiger partial charge >= 0.3 is 6.18 Å². The van der Waals surface area contributed by atoms with E-state index >= 15 is 0 Å². The number of halogens is 3. The number of tetrazole rings is 1. The summed E-state index contributed by atoms with van der Waals surface area (Å²) in [5, 5.41) is 14.4. The number of carbonyl (C=O) groups is 1. The van der Waals surface area contributed by atoms with E-state index in [1.54, 1.807) is 0 Å². The van der Waals surface area contributed by atoms with E-state index in [9.17, 15) is 18.0 Å². The lowest BCUT2D eigenvalue weighted by molar-refractivity contribution is -0.137. The normalized spacial score (nSPS) is 11.5. The Morgan fingerprint density at radius 2 is 1.96 bits per heavy atom. The molecule has 3 aromatic rings. The molecule has 3 rings (SSSR count). The minimum Gasteiger partial charge on any atom is -0.325 e. The molecule has 0 fully saturated rings. The number of alkyl halides is 3. The molecule has 1 amide bonds. The number of nitrogens with one attached hydrogen (secondary N) is 1. The van der Waals surface area contributed by atoms with E-state index in [4.69, 9.17) is 0 Å². The molecule has 28 heavy (non-hydrogen) atoms. The smallest absolute Gasteiger partial charge is 0.325 e. The maximum atomic E-state index is 12.8. The van der Waals surface area contributed by atoms with Crippen LogP contribution in [0.2, 0.25) is 0 Å². The number of hydrogen-bond donors (Lipinski definition) is 1. The zero-order valence-corrected chi connectivity index (χ0v) is 15.8. The Labute approximate surface area is 163 Å². The molecule has 2 aromatic carbocycles. The monoisotopic (exact) mass is 407 g/mol. The summed E-state index contributed by atoms with van der Waals surface area (Å²) in [6.45, 7) is 3.87. The molecule has 1 heterocycles. The van der Waals surface area contributed by atoms with E-state index in [0.29, 0.717) is 5.16 Å². The lowest BCUT2D eigenvalue weighted by Gasteiger charge is -2.10. The van der Waals surface area contributed by atoms with Crippen molar-refractivity contribution >= 4 is 23.4 Å². The number of aromatic nitrogens is 4. The molecule has 0 aliphatic heterocycles. The Kier molecular flexibility index (Phi) is 5.68. The van der Waals surface area contributed by atoms with E-state index in [1.165, 1.54) is 16.8 Å². The molecular formula is C18H16F3N5OS. The molecule has 0 atom stereocenters. The molecule has 0 saturated carbocycles. The fraction of sp³-hybridized carbons (Fsp3) is 0.222. The Hall–Kier alpha value is -2.88. The zero-order valence-electron chi connectivity index (χ0n) is 15.0. The van der Waals surface area contributed by atoms with Crippen LogP contribution in [0.1, 0.15) is 16.7 Å². The van der Waals surface area contributed by atoms with Crippen molar-refractivity contribution in [3.8, 4) is 5.69 Å². The van der Waals surface area contributed by atoms with Crippen LogP contribution in [0.25, 0.3) is 5.69 Å². The quantitative estimate of drug-likeness (QED) is 0.647. The molecular weight excluding hydrogens is 391 g/mol. The number of thioether (sulfide) groups is 1. The highest BCUT2D eigenvalue weighted by atomic mass is 32.2. The van der Waals surface area contributed by atoms with Crippen LogP contribution < -0.4 is 5.32 Å². The predicted octanol–water partition coefficient (Wildman–Crippen LogP) is 4.03. The predicted molar refractivity (Wildman–Crippen MR) is 99.4 cm³/mol. The second-order valence-corrected chi connectivity index (χ2v) is 7.02. The first kappa shape index (κ1) is 19.9. The van der Waals surface area contributed by atoms with Gasteiger partial charge in [0.1, 0.15) is 0 Å². The summed E-state index contributed by atoms with van der Waals surface area (Å²) in [4.78, 5) is 12.1. The third-order valence-corrected chi connectivity index (χ3v) is 4.76. The number of anilines is 1. The van der Waals surface area contributed by atoms with Gasteiger partial charge < -0.3 is 5.32 Å². The van der Waals surface area contributed by atoms with E-state index in [-0.39, 0.29) is 11.4 Å². The summed E-state index contributed by atoms with van der Waals surface area (Å²) in [7, 11) is 0. The van der Waals surface area contributed by atoms with Gasteiger partial charge in [-0.15, -0.1) is 5.10 Å². The van der Waals surface area contributed by atoms with Crippen molar-refractivity contribution in [2.75, 3.05) is 11.1 Å². The molecule has 0 aliphatic rings. The maximum absolute atomic E-state index is 12.8. The van der Waals surface area contributed by atoms with Crippen LogP contribution >= 0.6 is 11.8 Å². The molecule has 6 nitrogen and oxygen atoms in total. The Morgan fingerprint density at radius 3 is 2.71 bits per heavy atom. The van der Waals surface area contributed by atoms with Crippen LogP contribution in [-0.4, -0.2) is 31.9 Å². The number of hydrogen-bond acceptors (Lipinski definition) is 5. The van der Waals surface area contributed by atoms with Crippen molar-refractivity contribution < 1.29 is 18.0 Å². The summed E-state index contributed by atoms with van der Waals surface area (Å²) >= 11 is 1.09. The van der Waals surface area contributed by atoms with E-state index in [1.807, 2.05) is 32.0 Å². The van der Waals surface area contributed by atoms with Gasteiger partial charge in [0.25, 0.3) is 0 Å². The fourth-order valence-electron chi connectivity index (χ4n) is 2.47. The van der Waals surface area contributed by atoms with Crippen LogP contribution in [0.15, 0.2) is 47.6 Å². The highest BCUT2D eigenvalue weighted by Gasteiger charge is 2.30. The van der Waals surface area contributed by atoms with Crippen molar-refractivity contribution in [1.29, 1.82) is 0 Å². The standard InChI is InChI=1S/C18H16F3N5OS/c1-11-6-7-12(2)15(8-11)26-17(23-24-25-26)28-10-16(27)22-14-5-3-4-13(9-14)18(19,20)21/h3-9H,10H2,1-2H3,(H,22,27). The molecule has 0 unspecified atom stereocenters. The van der Waals surface area contributed by atoms with Gasteiger partial charge in [0.2, 0.25) is 11.1 Å². The van der Waals surface area contributed by atoms with Crippen molar-refractivity contribution in [3.05, 3.63) is 59.2 Å². The largest absolute Gasteiger partial charge is 0.416 e. The minimum atomic E-state index is -4.47. The fourth-order valence-corrected chi connectivity index (χ4v) is 3.15. The number of aryl methyl sites for hydroxylation is 2. The van der Waals surface area contributed by atoms with Crippen LogP contribution in [-0.2, 0) is 11.0 Å². The van der Waals surface area contributed by atoms with Crippen LogP contribution in [0.5, 0.6) is 0 Å². The molecule has 146 valence electrons. The topological polar surface area (TPSA) is 72.7 Å². The molecule has 0 saturated heterocycles. The Balaban J connectivity index is 1.68. The number of amides is 1. The highest BCUT2D eigenvalue weighted by molar-refractivity contribution is 7.99. The molecule has 0 bridgehead atoms. The first-order chi connectivity index (χ1) is 13.2. The third-order valence-electron chi connectivity index (χ3n) is 3.84. The van der Waals surface area contributed by atoms with Crippen molar-refractivity contribution in [3.63, 3.8) is 0 Å². The number of benzene rings is 2. The SMILES string of the molecule is Cc1ccc(C)c(-n2nnnc2SCC(=O)Nc2cccc(C(F)(F)F)c2)c1. The molecule has 0 aliphatic carbocycles. The third kappa shape index (κ3) is 4.69. The highest BCUT2D eigenvalue weighted by Crippen LogP contribution is 2.30. The van der Waals surface area contributed by atoms with Crippen LogP contribution in [0, 0.1) is 13.8 Å². The maximum Gasteiger partial charge on any atom is 0.416 e. The second-order valence-electron chi connectivity index (χ2n) is 6.08. The molecule has 1 aromatic heterocycles. The van der Waals surface area contributed by atoms with Gasteiger partial charge in [-0.1, -0.05) is 30.0 Å². The average Bonchev–Trinajstić information content (AvgIpc) is 3.10. The van der Waals surface area contributed by atoms with Crippen molar-refractivity contribution in [2.45, 2.75) is 25.2 Å². The van der Waals surface area contributed by atoms with E-state index in [0.717, 1.165) is 40.7 Å². The Bertz CT molecular complexity index is 1000. The molecule has 1 N–H and O–H groups in total. The van der Waals surface area contributed by atoms with Gasteiger partial charge in [0.15, 0.2) is 0 Å². The number of rotatable bonds is 5. The average molecular weight is 407 g/mol. The zero-order chi connectivity index (χ0) is 20.3. The van der Waals surface area contributed by atoms with Gasteiger partial charge in [0, 0.05) is 5.69 Å². The first-order valence-electron chi connectivity index (χ1n) is 8.20. The van der Waals surface area contributed by atoms with Crippen molar-refractivity contribution in [2.24, 2.45) is 0 Å². The lowest BCUT2D eigenvalue weighted by Crippen LogP contribution is -2.15. The first-order valence-corrected chi connectivity index (χ1v) is 9.18. The van der Waals surface area contributed by atoms with Gasteiger partial charge in [-0.25, -0.2) is 0 Å². The Morgan fingerprint density at radius 1 is 1.18 bits per heavy atom. The van der Waals surface area contributed by atoms with Gasteiger partial charge in [0.05, 0.1) is 17.0 Å². The van der Waals surface area contributed by atoms with Crippen molar-refractivity contribution in [1.82, 2.24) is 20.2 Å². The molecule has 0 spiro atoms. The number of nitrogens with zero attached hydrogens (tertiary/aromatic N) is 4. The minimum absolute atomic E-state index is 0.0541. The summed E-state index contributed by atoms with van der Waals surface area (Å²) in [6, 6.07) is 10.3. The molecule has 10 heteroatoms. The summed E-state index contributed by atoms with van der Waals surface area (Å²) in [5.41, 5.74) is 2.06. The summed E-state index contributed by atoms with van der Waals surface area (Å²) in [5.74, 6) is -0.513. The number of carbonyl (C=O) groups excluding carboxylic acids is 1. The molecule has 0 radical (unpaired) electrons. The van der Waals surface area contributed by atoms with Gasteiger partial charge in [-0.2, -0.15) is 17.9 Å². The summed E-state index contributed by atoms with van der Waals surface area (Å²) < 4.78 is 39.8. The summed E-state index contributed by atoms with van der Waals surface area (Å²) in [6.07, 6.45) is -4.47. The lowest BCUT2D eigenvalue weighted by atomic mass is 10.1.